The van der Waals surface area contributed by atoms with Crippen LogP contribution in [0.5, 0.6) is 0 Å². The number of hydrogen-bond donors (Lipinski definition) is 2. The Labute approximate surface area is 90.4 Å². The lowest BCUT2D eigenvalue weighted by molar-refractivity contribution is -0.127. The third-order valence-electron chi connectivity index (χ3n) is 3.03. The first-order chi connectivity index (χ1) is 6.56. The van der Waals surface area contributed by atoms with Gasteiger partial charge in [-0.05, 0) is 25.7 Å². The van der Waals surface area contributed by atoms with E-state index < -0.39 is 5.41 Å². The van der Waals surface area contributed by atoms with E-state index in [4.69, 9.17) is 18.0 Å². The zero-order chi connectivity index (χ0) is 10.8. The van der Waals surface area contributed by atoms with Crippen molar-refractivity contribution >= 4 is 23.1 Å². The van der Waals surface area contributed by atoms with Crippen LogP contribution >= 0.6 is 12.2 Å². The first kappa shape index (κ1) is 11.4. The fourth-order valence-electron chi connectivity index (χ4n) is 1.58. The molecule has 1 fully saturated rings. The fraction of sp³-hybridized carbons (Fsp3) is 0.800. The third-order valence-corrected chi connectivity index (χ3v) is 3.42. The van der Waals surface area contributed by atoms with E-state index in [1.165, 1.54) is 0 Å². The molecule has 80 valence electrons. The Morgan fingerprint density at radius 2 is 2.00 bits per heavy atom. The SMILES string of the molecule is CCC(CC)(C(=O)NC1CC1)C(N)=S. The van der Waals surface area contributed by atoms with Gasteiger partial charge in [0.25, 0.3) is 0 Å². The molecule has 1 saturated carbocycles. The molecule has 0 radical (unpaired) electrons. The second-order valence-electron chi connectivity index (χ2n) is 3.90. The summed E-state index contributed by atoms with van der Waals surface area (Å²) in [6, 6.07) is 0.370. The summed E-state index contributed by atoms with van der Waals surface area (Å²) >= 11 is 4.99. The second-order valence-corrected chi connectivity index (χ2v) is 4.34. The van der Waals surface area contributed by atoms with Crippen LogP contribution in [0.3, 0.4) is 0 Å². The van der Waals surface area contributed by atoms with Crippen molar-refractivity contribution in [2.24, 2.45) is 11.1 Å². The van der Waals surface area contributed by atoms with Crippen molar-refractivity contribution in [3.8, 4) is 0 Å². The molecule has 0 bridgehead atoms. The monoisotopic (exact) mass is 214 g/mol. The van der Waals surface area contributed by atoms with Gasteiger partial charge in [-0.2, -0.15) is 0 Å². The van der Waals surface area contributed by atoms with E-state index in [2.05, 4.69) is 5.32 Å². The molecule has 1 rings (SSSR count). The van der Waals surface area contributed by atoms with Gasteiger partial charge in [0.15, 0.2) is 0 Å². The van der Waals surface area contributed by atoms with Crippen LogP contribution in [0, 0.1) is 5.41 Å². The lowest BCUT2D eigenvalue weighted by Crippen LogP contribution is -2.48. The smallest absolute Gasteiger partial charge is 0.233 e. The molecule has 3 nitrogen and oxygen atoms in total. The molecule has 0 aromatic heterocycles. The van der Waals surface area contributed by atoms with Crippen molar-refractivity contribution in [3.05, 3.63) is 0 Å². The van der Waals surface area contributed by atoms with E-state index in [0.717, 1.165) is 12.8 Å². The highest BCUT2D eigenvalue weighted by atomic mass is 32.1. The zero-order valence-corrected chi connectivity index (χ0v) is 9.62. The van der Waals surface area contributed by atoms with E-state index in [9.17, 15) is 4.79 Å². The molecular formula is C10H18N2OS. The molecule has 1 aliphatic rings. The van der Waals surface area contributed by atoms with Crippen LogP contribution in [0.1, 0.15) is 39.5 Å². The van der Waals surface area contributed by atoms with Crippen LogP contribution in [-0.2, 0) is 4.79 Å². The Morgan fingerprint density at radius 3 is 2.29 bits per heavy atom. The number of hydrogen-bond acceptors (Lipinski definition) is 2. The van der Waals surface area contributed by atoms with Gasteiger partial charge in [-0.3, -0.25) is 4.79 Å². The van der Waals surface area contributed by atoms with Gasteiger partial charge in [-0.25, -0.2) is 0 Å². The topological polar surface area (TPSA) is 55.1 Å². The van der Waals surface area contributed by atoms with Crippen molar-refractivity contribution in [1.82, 2.24) is 5.32 Å². The molecule has 3 N–H and O–H groups in total. The summed E-state index contributed by atoms with van der Waals surface area (Å²) in [6.45, 7) is 3.91. The average molecular weight is 214 g/mol. The fourth-order valence-corrected chi connectivity index (χ4v) is 1.96. The highest BCUT2D eigenvalue weighted by Gasteiger charge is 2.40. The number of amides is 1. The molecule has 0 aliphatic heterocycles. The summed E-state index contributed by atoms with van der Waals surface area (Å²) in [5.41, 5.74) is 5.03. The maximum Gasteiger partial charge on any atom is 0.233 e. The summed E-state index contributed by atoms with van der Waals surface area (Å²) < 4.78 is 0. The Morgan fingerprint density at radius 1 is 1.50 bits per heavy atom. The van der Waals surface area contributed by atoms with Crippen LogP contribution in [0.4, 0.5) is 0 Å². The standard InChI is InChI=1S/C10H18N2OS/c1-3-10(4-2,8(11)14)9(13)12-7-5-6-7/h7H,3-6H2,1-2H3,(H2,11,14)(H,12,13). The zero-order valence-electron chi connectivity index (χ0n) is 8.80. The molecule has 0 saturated heterocycles. The van der Waals surface area contributed by atoms with Gasteiger partial charge in [-0.15, -0.1) is 0 Å². The van der Waals surface area contributed by atoms with Gasteiger partial charge >= 0.3 is 0 Å². The molecule has 4 heteroatoms. The first-order valence-electron chi connectivity index (χ1n) is 5.17. The molecular weight excluding hydrogens is 196 g/mol. The molecule has 0 heterocycles. The van der Waals surface area contributed by atoms with Gasteiger partial charge < -0.3 is 11.1 Å². The summed E-state index contributed by atoms with van der Waals surface area (Å²) in [5, 5.41) is 2.97. The normalized spacial score (nSPS) is 16.4. The number of rotatable bonds is 5. The molecule has 0 aromatic carbocycles. The van der Waals surface area contributed by atoms with E-state index in [-0.39, 0.29) is 5.91 Å². The molecule has 14 heavy (non-hydrogen) atoms. The van der Waals surface area contributed by atoms with E-state index >= 15 is 0 Å². The molecule has 0 unspecified atom stereocenters. The van der Waals surface area contributed by atoms with Crippen molar-refractivity contribution in [2.45, 2.75) is 45.6 Å². The second kappa shape index (κ2) is 4.26. The predicted octanol–water partition coefficient (Wildman–Crippen LogP) is 1.36. The van der Waals surface area contributed by atoms with Crippen molar-refractivity contribution < 1.29 is 4.79 Å². The predicted molar refractivity (Wildman–Crippen MR) is 61.0 cm³/mol. The van der Waals surface area contributed by atoms with Gasteiger partial charge in [0, 0.05) is 6.04 Å². The number of carbonyl (C=O) groups is 1. The van der Waals surface area contributed by atoms with E-state index in [1.807, 2.05) is 13.8 Å². The Kier molecular flexibility index (Phi) is 3.48. The van der Waals surface area contributed by atoms with Gasteiger partial charge in [0.05, 0.1) is 10.4 Å². The average Bonchev–Trinajstić information content (AvgIpc) is 2.90. The minimum Gasteiger partial charge on any atom is -0.392 e. The molecule has 1 aliphatic carbocycles. The van der Waals surface area contributed by atoms with Gasteiger partial charge in [0.2, 0.25) is 5.91 Å². The minimum atomic E-state index is -0.627. The van der Waals surface area contributed by atoms with Crippen LogP contribution in [0.2, 0.25) is 0 Å². The molecule has 0 atom stereocenters. The molecule has 1 amide bonds. The van der Waals surface area contributed by atoms with Gasteiger partial charge in [-0.1, -0.05) is 26.1 Å². The first-order valence-corrected chi connectivity index (χ1v) is 5.58. The van der Waals surface area contributed by atoms with E-state index in [0.29, 0.717) is 23.9 Å². The Balaban J connectivity index is 2.72. The quantitative estimate of drug-likeness (QED) is 0.679. The van der Waals surface area contributed by atoms with Crippen molar-refractivity contribution in [1.29, 1.82) is 0 Å². The summed E-state index contributed by atoms with van der Waals surface area (Å²) in [4.78, 5) is 12.3. The van der Waals surface area contributed by atoms with Crippen LogP contribution in [0.15, 0.2) is 0 Å². The number of nitrogens with one attached hydrogen (secondary N) is 1. The number of carbonyl (C=O) groups excluding carboxylic acids is 1. The van der Waals surface area contributed by atoms with Crippen molar-refractivity contribution in [3.63, 3.8) is 0 Å². The van der Waals surface area contributed by atoms with Crippen LogP contribution in [0.25, 0.3) is 0 Å². The lowest BCUT2D eigenvalue weighted by Gasteiger charge is -2.28. The third kappa shape index (κ3) is 2.05. The van der Waals surface area contributed by atoms with Crippen LogP contribution < -0.4 is 11.1 Å². The lowest BCUT2D eigenvalue weighted by atomic mass is 9.81. The summed E-state index contributed by atoms with van der Waals surface area (Å²) in [6.07, 6.45) is 3.54. The highest BCUT2D eigenvalue weighted by Crippen LogP contribution is 2.29. The number of nitrogens with two attached hydrogens (primary N) is 1. The highest BCUT2D eigenvalue weighted by molar-refractivity contribution is 7.80. The minimum absolute atomic E-state index is 0.0116. The summed E-state index contributed by atoms with van der Waals surface area (Å²) in [5.74, 6) is 0.0116. The largest absolute Gasteiger partial charge is 0.392 e. The molecule has 0 aromatic rings. The van der Waals surface area contributed by atoms with Gasteiger partial charge in [0.1, 0.15) is 0 Å². The van der Waals surface area contributed by atoms with Crippen LogP contribution in [-0.4, -0.2) is 16.9 Å². The van der Waals surface area contributed by atoms with E-state index in [1.54, 1.807) is 0 Å². The Bertz CT molecular complexity index is 245. The summed E-state index contributed by atoms with van der Waals surface area (Å²) in [7, 11) is 0. The van der Waals surface area contributed by atoms with Crippen molar-refractivity contribution in [2.75, 3.05) is 0 Å². The Hall–Kier alpha value is -0.640. The maximum atomic E-state index is 11.9. The number of thiocarbonyl (C=S) groups is 1. The molecule has 0 spiro atoms. The maximum absolute atomic E-state index is 11.9.